The topological polar surface area (TPSA) is 22.1 Å². The fourth-order valence-corrected chi connectivity index (χ4v) is 2.37. The zero-order valence-corrected chi connectivity index (χ0v) is 13.2. The fourth-order valence-electron chi connectivity index (χ4n) is 1.79. The maximum absolute atomic E-state index is 5.93. The van der Waals surface area contributed by atoms with Gasteiger partial charge in [-0.25, -0.2) is 4.98 Å². The van der Waals surface area contributed by atoms with Crippen molar-refractivity contribution in [3.8, 4) is 11.6 Å². The molecule has 0 aliphatic rings. The van der Waals surface area contributed by atoms with Crippen LogP contribution in [-0.4, -0.2) is 4.98 Å². The molecule has 0 fully saturated rings. The molecular weight excluding hydrogens is 326 g/mol. The second-order valence-electron chi connectivity index (χ2n) is 4.54. The van der Waals surface area contributed by atoms with Crippen LogP contribution in [-0.2, 0) is 5.88 Å². The Kier molecular flexibility index (Phi) is 4.83. The zero-order chi connectivity index (χ0) is 13.8. The van der Waals surface area contributed by atoms with Crippen LogP contribution in [0, 0.1) is 0 Å². The fraction of sp³-hybridized carbons (Fsp3) is 0.267. The average molecular weight is 341 g/mol. The minimum Gasteiger partial charge on any atom is -0.438 e. The lowest BCUT2D eigenvalue weighted by Crippen LogP contribution is -1.97. The normalized spacial score (nSPS) is 10.8. The molecule has 1 heterocycles. The molecule has 19 heavy (non-hydrogen) atoms. The minimum atomic E-state index is 0.371. The van der Waals surface area contributed by atoms with Gasteiger partial charge < -0.3 is 4.74 Å². The van der Waals surface area contributed by atoms with E-state index in [1.54, 1.807) is 6.20 Å². The quantitative estimate of drug-likeness (QED) is 0.686. The summed E-state index contributed by atoms with van der Waals surface area (Å²) in [6, 6.07) is 9.76. The first-order valence-corrected chi connectivity index (χ1v) is 7.41. The van der Waals surface area contributed by atoms with E-state index in [2.05, 4.69) is 40.8 Å². The number of halogens is 2. The van der Waals surface area contributed by atoms with Gasteiger partial charge in [0.1, 0.15) is 5.75 Å². The lowest BCUT2D eigenvalue weighted by Gasteiger charge is -2.15. The predicted molar refractivity (Wildman–Crippen MR) is 82.1 cm³/mol. The van der Waals surface area contributed by atoms with Crippen molar-refractivity contribution >= 4 is 27.5 Å². The van der Waals surface area contributed by atoms with Gasteiger partial charge in [-0.15, -0.1) is 11.6 Å². The monoisotopic (exact) mass is 339 g/mol. The molecule has 100 valence electrons. The number of alkyl halides is 1. The molecule has 0 N–H and O–H groups in total. The Morgan fingerprint density at radius 1 is 1.32 bits per heavy atom. The summed E-state index contributed by atoms with van der Waals surface area (Å²) in [5.41, 5.74) is 2.03. The first-order valence-electron chi connectivity index (χ1n) is 6.09. The van der Waals surface area contributed by atoms with Gasteiger partial charge in [0.15, 0.2) is 0 Å². The van der Waals surface area contributed by atoms with Crippen LogP contribution >= 0.6 is 27.5 Å². The van der Waals surface area contributed by atoms with Gasteiger partial charge in [-0.3, -0.25) is 0 Å². The number of pyridine rings is 1. The summed E-state index contributed by atoms with van der Waals surface area (Å²) in [5, 5.41) is 0. The summed E-state index contributed by atoms with van der Waals surface area (Å²) in [7, 11) is 0. The molecule has 0 atom stereocenters. The summed E-state index contributed by atoms with van der Waals surface area (Å²) in [6.45, 7) is 4.27. The van der Waals surface area contributed by atoms with E-state index >= 15 is 0 Å². The number of ether oxygens (including phenoxy) is 1. The van der Waals surface area contributed by atoms with E-state index in [0.717, 1.165) is 21.3 Å². The molecule has 0 bridgehead atoms. The van der Waals surface area contributed by atoms with E-state index < -0.39 is 0 Å². The third-order valence-corrected chi connectivity index (χ3v) is 3.58. The van der Waals surface area contributed by atoms with E-state index in [0.29, 0.717) is 17.7 Å². The Labute approximate surface area is 126 Å². The lowest BCUT2D eigenvalue weighted by molar-refractivity contribution is 0.450. The van der Waals surface area contributed by atoms with E-state index in [4.69, 9.17) is 16.3 Å². The predicted octanol–water partition coefficient (Wildman–Crippen LogP) is 5.50. The van der Waals surface area contributed by atoms with E-state index in [1.165, 1.54) is 0 Å². The standard InChI is InChI=1S/C15H15BrClNO/c1-10(2)13-8-12(16)5-6-14(13)19-15-11(9-17)4-3-7-18-15/h3-8,10H,9H2,1-2H3. The number of hydrogen-bond donors (Lipinski definition) is 0. The summed E-state index contributed by atoms with van der Waals surface area (Å²) in [5.74, 6) is 2.15. The van der Waals surface area contributed by atoms with Gasteiger partial charge in [-0.2, -0.15) is 0 Å². The number of benzene rings is 1. The Morgan fingerprint density at radius 3 is 2.79 bits per heavy atom. The van der Waals surface area contributed by atoms with Crippen molar-refractivity contribution in [2.45, 2.75) is 25.6 Å². The van der Waals surface area contributed by atoms with Crippen molar-refractivity contribution < 1.29 is 4.74 Å². The molecule has 0 aliphatic heterocycles. The molecule has 4 heteroatoms. The van der Waals surface area contributed by atoms with Crippen molar-refractivity contribution in [3.63, 3.8) is 0 Å². The van der Waals surface area contributed by atoms with Crippen molar-refractivity contribution in [1.82, 2.24) is 4.98 Å². The molecule has 0 aliphatic carbocycles. The third-order valence-electron chi connectivity index (χ3n) is 2.79. The van der Waals surface area contributed by atoms with E-state index in [9.17, 15) is 0 Å². The van der Waals surface area contributed by atoms with Crippen LogP contribution in [0.3, 0.4) is 0 Å². The maximum atomic E-state index is 5.93. The highest BCUT2D eigenvalue weighted by molar-refractivity contribution is 9.10. The van der Waals surface area contributed by atoms with Crippen LogP contribution in [0.15, 0.2) is 41.0 Å². The Hall–Kier alpha value is -1.06. The summed E-state index contributed by atoms with van der Waals surface area (Å²) in [4.78, 5) is 4.25. The first-order chi connectivity index (χ1) is 9.11. The molecule has 0 amide bonds. The lowest BCUT2D eigenvalue weighted by atomic mass is 10.0. The average Bonchev–Trinajstić information content (AvgIpc) is 2.41. The number of hydrogen-bond acceptors (Lipinski definition) is 2. The molecule has 1 aromatic heterocycles. The van der Waals surface area contributed by atoms with Crippen LogP contribution in [0.25, 0.3) is 0 Å². The van der Waals surface area contributed by atoms with Gasteiger partial charge in [-0.05, 0) is 35.7 Å². The molecule has 2 rings (SSSR count). The molecule has 0 unspecified atom stereocenters. The van der Waals surface area contributed by atoms with Gasteiger partial charge in [-0.1, -0.05) is 35.8 Å². The van der Waals surface area contributed by atoms with Crippen LogP contribution in [0.4, 0.5) is 0 Å². The molecule has 2 aromatic rings. The molecule has 1 aromatic carbocycles. The highest BCUT2D eigenvalue weighted by Crippen LogP contribution is 2.33. The second kappa shape index (κ2) is 6.40. The first kappa shape index (κ1) is 14.4. The maximum Gasteiger partial charge on any atom is 0.223 e. The van der Waals surface area contributed by atoms with Gasteiger partial charge in [0.05, 0.1) is 5.88 Å². The zero-order valence-electron chi connectivity index (χ0n) is 10.9. The van der Waals surface area contributed by atoms with Crippen molar-refractivity contribution in [3.05, 3.63) is 52.1 Å². The van der Waals surface area contributed by atoms with E-state index in [-0.39, 0.29) is 0 Å². The van der Waals surface area contributed by atoms with Gasteiger partial charge >= 0.3 is 0 Å². The summed E-state index contributed by atoms with van der Waals surface area (Å²) in [6.07, 6.45) is 1.71. The van der Waals surface area contributed by atoms with Crippen LogP contribution < -0.4 is 4.74 Å². The minimum absolute atomic E-state index is 0.371. The molecule has 0 spiro atoms. The number of nitrogens with zero attached hydrogens (tertiary/aromatic N) is 1. The molecular formula is C15H15BrClNO. The Bertz CT molecular complexity index is 572. The molecule has 2 nitrogen and oxygen atoms in total. The molecule has 0 saturated heterocycles. The second-order valence-corrected chi connectivity index (χ2v) is 5.72. The third kappa shape index (κ3) is 3.48. The molecule has 0 saturated carbocycles. The highest BCUT2D eigenvalue weighted by atomic mass is 79.9. The highest BCUT2D eigenvalue weighted by Gasteiger charge is 2.12. The van der Waals surface area contributed by atoms with E-state index in [1.807, 2.05) is 24.3 Å². The van der Waals surface area contributed by atoms with Crippen LogP contribution in [0.2, 0.25) is 0 Å². The Morgan fingerprint density at radius 2 is 2.11 bits per heavy atom. The van der Waals surface area contributed by atoms with Crippen molar-refractivity contribution in [1.29, 1.82) is 0 Å². The SMILES string of the molecule is CC(C)c1cc(Br)ccc1Oc1ncccc1CCl. The van der Waals surface area contributed by atoms with Crippen molar-refractivity contribution in [2.24, 2.45) is 0 Å². The number of aromatic nitrogens is 1. The van der Waals surface area contributed by atoms with Gasteiger partial charge in [0, 0.05) is 16.2 Å². The molecule has 0 radical (unpaired) electrons. The largest absolute Gasteiger partial charge is 0.438 e. The van der Waals surface area contributed by atoms with Crippen LogP contribution in [0.5, 0.6) is 11.6 Å². The van der Waals surface area contributed by atoms with Crippen LogP contribution in [0.1, 0.15) is 30.9 Å². The van der Waals surface area contributed by atoms with Crippen molar-refractivity contribution in [2.75, 3.05) is 0 Å². The summed E-state index contributed by atoms with van der Waals surface area (Å²) < 4.78 is 6.98. The number of rotatable bonds is 4. The van der Waals surface area contributed by atoms with Gasteiger partial charge in [0.25, 0.3) is 0 Å². The smallest absolute Gasteiger partial charge is 0.223 e. The Balaban J connectivity index is 2.38. The summed E-state index contributed by atoms with van der Waals surface area (Å²) >= 11 is 9.38. The van der Waals surface area contributed by atoms with Gasteiger partial charge in [0.2, 0.25) is 5.88 Å².